The van der Waals surface area contributed by atoms with Gasteiger partial charge in [-0.25, -0.2) is 0 Å². The number of hydrogen-bond donors (Lipinski definition) is 0. The second-order valence-corrected chi connectivity index (χ2v) is 15.4. The number of carbonyl (C=O) groups is 1. The Labute approximate surface area is 332 Å². The number of fused-ring (bicyclic) bond motifs is 6. The molecule has 5 heteroatoms. The van der Waals surface area contributed by atoms with E-state index < -0.39 is 0 Å². The zero-order chi connectivity index (χ0) is 38.3. The number of rotatable bonds is 4. The van der Waals surface area contributed by atoms with Gasteiger partial charge in [0.1, 0.15) is 0 Å². The van der Waals surface area contributed by atoms with Crippen LogP contribution >= 0.6 is 0 Å². The van der Waals surface area contributed by atoms with Gasteiger partial charge >= 0.3 is 0 Å². The van der Waals surface area contributed by atoms with E-state index in [-0.39, 0.29) is 11.2 Å². The van der Waals surface area contributed by atoms with Gasteiger partial charge in [0.15, 0.2) is 17.3 Å². The van der Waals surface area contributed by atoms with Gasteiger partial charge < -0.3 is 19.4 Å². The fourth-order valence-electron chi connectivity index (χ4n) is 9.02. The molecule has 8 aromatic rings. The lowest BCUT2D eigenvalue weighted by Crippen LogP contribution is -2.30. The standard InChI is InChI=1S/C52H37N3O2/c1-52(2)41-20-10-9-19-39(41)51(56)40-31-34(25-28-42(40)52)35-26-29-47-49(32-35)57-50-33-38(27-30-48(50)54(47)37-17-7-4-8-18-37)55-45-23-13-11-21-43(45)53(36-15-5-3-6-16-36)44-22-12-14-24-46(44)55/h3-33H,1-2H3. The topological polar surface area (TPSA) is 36.0 Å². The predicted octanol–water partition coefficient (Wildman–Crippen LogP) is 14.1. The Balaban J connectivity index is 1.03. The van der Waals surface area contributed by atoms with E-state index >= 15 is 0 Å². The molecule has 0 bridgehead atoms. The Kier molecular flexibility index (Phi) is 7.29. The molecule has 5 nitrogen and oxygen atoms in total. The molecule has 57 heavy (non-hydrogen) atoms. The van der Waals surface area contributed by atoms with Gasteiger partial charge in [-0.3, -0.25) is 4.79 Å². The molecule has 0 aromatic heterocycles. The van der Waals surface area contributed by atoms with Gasteiger partial charge in [0, 0.05) is 34.0 Å². The molecule has 272 valence electrons. The third-order valence-corrected chi connectivity index (χ3v) is 11.7. The zero-order valence-electron chi connectivity index (χ0n) is 31.6. The average molecular weight is 736 g/mol. The van der Waals surface area contributed by atoms with Crippen LogP contribution in [-0.2, 0) is 5.41 Å². The van der Waals surface area contributed by atoms with Gasteiger partial charge in [-0.05, 0) is 101 Å². The number of ketones is 1. The van der Waals surface area contributed by atoms with Crippen molar-refractivity contribution in [1.82, 2.24) is 0 Å². The van der Waals surface area contributed by atoms with Crippen molar-refractivity contribution in [1.29, 1.82) is 0 Å². The summed E-state index contributed by atoms with van der Waals surface area (Å²) < 4.78 is 6.96. The number of para-hydroxylation sites is 6. The third-order valence-electron chi connectivity index (χ3n) is 11.7. The van der Waals surface area contributed by atoms with Gasteiger partial charge in [0.2, 0.25) is 0 Å². The third kappa shape index (κ3) is 5.05. The molecule has 0 fully saturated rings. The van der Waals surface area contributed by atoms with Crippen molar-refractivity contribution in [2.45, 2.75) is 19.3 Å². The summed E-state index contributed by atoms with van der Waals surface area (Å²) in [6.45, 7) is 4.40. The number of benzene rings is 8. The minimum absolute atomic E-state index is 0.0699. The molecule has 2 aliphatic heterocycles. The summed E-state index contributed by atoms with van der Waals surface area (Å²) in [5, 5.41) is 0. The molecule has 3 aliphatic rings. The van der Waals surface area contributed by atoms with Crippen LogP contribution in [0.25, 0.3) is 11.1 Å². The highest BCUT2D eigenvalue weighted by molar-refractivity contribution is 6.13. The van der Waals surface area contributed by atoms with Gasteiger partial charge in [-0.2, -0.15) is 0 Å². The maximum atomic E-state index is 13.9. The lowest BCUT2D eigenvalue weighted by Gasteiger charge is -2.41. The number of anilines is 9. The largest absolute Gasteiger partial charge is 0.453 e. The van der Waals surface area contributed by atoms with E-state index in [4.69, 9.17) is 4.74 Å². The van der Waals surface area contributed by atoms with Crippen LogP contribution in [-0.4, -0.2) is 5.78 Å². The zero-order valence-corrected chi connectivity index (χ0v) is 31.6. The van der Waals surface area contributed by atoms with E-state index in [1.165, 1.54) is 0 Å². The molecule has 2 heterocycles. The van der Waals surface area contributed by atoms with Crippen molar-refractivity contribution in [2.75, 3.05) is 14.7 Å². The molecule has 0 radical (unpaired) electrons. The van der Waals surface area contributed by atoms with Crippen LogP contribution in [0.1, 0.15) is 40.9 Å². The van der Waals surface area contributed by atoms with Gasteiger partial charge in [0.25, 0.3) is 0 Å². The predicted molar refractivity (Wildman–Crippen MR) is 232 cm³/mol. The normalized spacial score (nSPS) is 14.4. The number of nitrogens with zero attached hydrogens (tertiary/aromatic N) is 3. The van der Waals surface area contributed by atoms with E-state index in [9.17, 15) is 4.79 Å². The Morgan fingerprint density at radius 2 is 0.842 bits per heavy atom. The fourth-order valence-corrected chi connectivity index (χ4v) is 9.02. The first-order valence-electron chi connectivity index (χ1n) is 19.4. The first-order chi connectivity index (χ1) is 28.0. The molecule has 1 aliphatic carbocycles. The van der Waals surface area contributed by atoms with E-state index in [0.717, 1.165) is 96.1 Å². The van der Waals surface area contributed by atoms with Crippen LogP contribution in [0.5, 0.6) is 11.5 Å². The lowest BCUT2D eigenvalue weighted by molar-refractivity contribution is 0.103. The van der Waals surface area contributed by atoms with Gasteiger partial charge in [-0.15, -0.1) is 0 Å². The molecule has 0 amide bonds. The Morgan fingerprint density at radius 1 is 0.386 bits per heavy atom. The fraction of sp³-hybridized carbons (Fsp3) is 0.0577. The van der Waals surface area contributed by atoms with Crippen molar-refractivity contribution < 1.29 is 9.53 Å². The summed E-state index contributed by atoms with van der Waals surface area (Å²) in [4.78, 5) is 20.9. The van der Waals surface area contributed by atoms with Crippen LogP contribution < -0.4 is 19.4 Å². The van der Waals surface area contributed by atoms with Crippen molar-refractivity contribution in [3.63, 3.8) is 0 Å². The average Bonchev–Trinajstić information content (AvgIpc) is 3.26. The molecule has 0 unspecified atom stereocenters. The molecule has 0 spiro atoms. The summed E-state index contributed by atoms with van der Waals surface area (Å²) in [7, 11) is 0. The molecule has 0 saturated carbocycles. The second-order valence-electron chi connectivity index (χ2n) is 15.4. The maximum Gasteiger partial charge on any atom is 0.193 e. The molecular formula is C52H37N3O2. The van der Waals surface area contributed by atoms with Gasteiger partial charge in [-0.1, -0.05) is 117 Å². The van der Waals surface area contributed by atoms with Crippen LogP contribution in [0, 0.1) is 0 Å². The van der Waals surface area contributed by atoms with E-state index in [1.807, 2.05) is 24.3 Å². The van der Waals surface area contributed by atoms with Crippen molar-refractivity contribution in [3.8, 4) is 22.6 Å². The molecule has 0 N–H and O–H groups in total. The second kappa shape index (κ2) is 12.6. The lowest BCUT2D eigenvalue weighted by atomic mass is 9.68. The quantitative estimate of drug-likeness (QED) is 0.180. The van der Waals surface area contributed by atoms with Crippen LogP contribution in [0.2, 0.25) is 0 Å². The maximum absolute atomic E-state index is 13.9. The van der Waals surface area contributed by atoms with Crippen LogP contribution in [0.4, 0.5) is 51.2 Å². The summed E-state index contributed by atoms with van der Waals surface area (Å²) >= 11 is 0. The SMILES string of the molecule is CC1(C)c2ccccc2C(=O)c2cc(-c3ccc4c(c3)Oc3cc(N5c6ccccc6N(c6ccccc6)c6ccccc65)ccc3N4c3ccccc3)ccc21. The van der Waals surface area contributed by atoms with E-state index in [2.05, 4.69) is 192 Å². The van der Waals surface area contributed by atoms with E-state index in [0.29, 0.717) is 0 Å². The van der Waals surface area contributed by atoms with Crippen molar-refractivity contribution >= 4 is 57.0 Å². The number of carbonyl (C=O) groups excluding carboxylic acids is 1. The minimum Gasteiger partial charge on any atom is -0.453 e. The summed E-state index contributed by atoms with van der Waals surface area (Å²) in [6, 6.07) is 65.3. The Morgan fingerprint density at radius 3 is 1.47 bits per heavy atom. The van der Waals surface area contributed by atoms with E-state index in [1.54, 1.807) is 0 Å². The molecular weight excluding hydrogens is 699 g/mol. The van der Waals surface area contributed by atoms with Crippen LogP contribution in [0.15, 0.2) is 188 Å². The summed E-state index contributed by atoms with van der Waals surface area (Å²) in [6.07, 6.45) is 0. The monoisotopic (exact) mass is 735 g/mol. The summed E-state index contributed by atoms with van der Waals surface area (Å²) in [5.41, 5.74) is 14.7. The summed E-state index contributed by atoms with van der Waals surface area (Å²) in [5.74, 6) is 1.56. The smallest absolute Gasteiger partial charge is 0.193 e. The highest BCUT2D eigenvalue weighted by Crippen LogP contribution is 2.57. The highest BCUT2D eigenvalue weighted by atomic mass is 16.5. The molecule has 0 atom stereocenters. The van der Waals surface area contributed by atoms with Crippen LogP contribution in [0.3, 0.4) is 0 Å². The van der Waals surface area contributed by atoms with Crippen molar-refractivity contribution in [2.24, 2.45) is 0 Å². The Hall–Kier alpha value is -7.37. The number of ether oxygens (including phenoxy) is 1. The number of hydrogen-bond acceptors (Lipinski definition) is 5. The first-order valence-corrected chi connectivity index (χ1v) is 19.4. The highest BCUT2D eigenvalue weighted by Gasteiger charge is 2.37. The van der Waals surface area contributed by atoms with Crippen molar-refractivity contribution in [3.05, 3.63) is 210 Å². The molecule has 11 rings (SSSR count). The Bertz CT molecular complexity index is 2850. The first kappa shape index (κ1) is 33.0. The molecule has 0 saturated heterocycles. The molecule has 8 aromatic carbocycles. The van der Waals surface area contributed by atoms with Gasteiger partial charge in [0.05, 0.1) is 39.8 Å². The minimum atomic E-state index is -0.288.